The van der Waals surface area contributed by atoms with Crippen LogP contribution in [0.1, 0.15) is 12.8 Å². The summed E-state index contributed by atoms with van der Waals surface area (Å²) in [6.07, 6.45) is 3.85. The smallest absolute Gasteiger partial charge is 0.299 e. The molecule has 0 saturated carbocycles. The second kappa shape index (κ2) is 9.25. The van der Waals surface area contributed by atoms with Crippen LogP contribution in [0.2, 0.25) is 0 Å². The standard InChI is InChI=1S/C21H26N6O4/c28-26(29)18-6-7-19(20(14-18)27(30)31)25-9-3-4-17(16-25)15-23-10-12-24(13-11-23)21-5-1-2-8-22-21/h1-2,5-8,14,17H,3-4,9-13,15-16H2. The zero-order valence-corrected chi connectivity index (χ0v) is 17.3. The van der Waals surface area contributed by atoms with E-state index >= 15 is 0 Å². The van der Waals surface area contributed by atoms with Crippen molar-refractivity contribution in [1.29, 1.82) is 0 Å². The van der Waals surface area contributed by atoms with E-state index in [1.807, 2.05) is 29.3 Å². The Morgan fingerprint density at radius 2 is 1.77 bits per heavy atom. The first-order chi connectivity index (χ1) is 15.0. The van der Waals surface area contributed by atoms with Crippen molar-refractivity contribution in [2.24, 2.45) is 5.92 Å². The second-order valence-corrected chi connectivity index (χ2v) is 8.12. The van der Waals surface area contributed by atoms with Crippen LogP contribution in [-0.4, -0.2) is 65.5 Å². The minimum atomic E-state index is -0.597. The number of aromatic nitrogens is 1. The average molecular weight is 426 g/mol. The van der Waals surface area contributed by atoms with Crippen LogP contribution in [0.3, 0.4) is 0 Å². The highest BCUT2D eigenvalue weighted by molar-refractivity contribution is 5.67. The molecule has 164 valence electrons. The van der Waals surface area contributed by atoms with E-state index in [1.54, 1.807) is 0 Å². The normalized spacial score (nSPS) is 19.9. The molecule has 2 aromatic rings. The Labute approximate surface area is 180 Å². The van der Waals surface area contributed by atoms with E-state index in [9.17, 15) is 20.2 Å². The Hall–Kier alpha value is -3.27. The van der Waals surface area contributed by atoms with Crippen molar-refractivity contribution in [1.82, 2.24) is 9.88 Å². The average Bonchev–Trinajstić information content (AvgIpc) is 2.80. The van der Waals surface area contributed by atoms with E-state index in [0.29, 0.717) is 11.6 Å². The third-order valence-corrected chi connectivity index (χ3v) is 6.09. The molecule has 0 N–H and O–H groups in total. The van der Waals surface area contributed by atoms with Gasteiger partial charge in [-0.25, -0.2) is 4.98 Å². The van der Waals surface area contributed by atoms with E-state index in [2.05, 4.69) is 14.8 Å². The lowest BCUT2D eigenvalue weighted by molar-refractivity contribution is -0.393. The molecule has 0 bridgehead atoms. The molecule has 4 rings (SSSR count). The van der Waals surface area contributed by atoms with E-state index in [1.165, 1.54) is 12.1 Å². The van der Waals surface area contributed by atoms with Gasteiger partial charge in [0.15, 0.2) is 0 Å². The molecule has 10 nitrogen and oxygen atoms in total. The van der Waals surface area contributed by atoms with Gasteiger partial charge in [0.25, 0.3) is 11.4 Å². The molecule has 3 heterocycles. The fourth-order valence-electron chi connectivity index (χ4n) is 4.54. The number of anilines is 2. The second-order valence-electron chi connectivity index (χ2n) is 8.12. The van der Waals surface area contributed by atoms with Gasteiger partial charge in [-0.15, -0.1) is 0 Å². The van der Waals surface area contributed by atoms with E-state index in [4.69, 9.17) is 0 Å². The summed E-state index contributed by atoms with van der Waals surface area (Å²) in [6, 6.07) is 9.89. The van der Waals surface area contributed by atoms with Gasteiger partial charge in [-0.05, 0) is 37.0 Å². The van der Waals surface area contributed by atoms with Crippen molar-refractivity contribution < 1.29 is 9.85 Å². The Balaban J connectivity index is 1.37. The van der Waals surface area contributed by atoms with Crippen LogP contribution in [0.15, 0.2) is 42.6 Å². The largest absolute Gasteiger partial charge is 0.366 e. The molecule has 1 aromatic carbocycles. The summed E-state index contributed by atoms with van der Waals surface area (Å²) in [5.74, 6) is 1.42. The van der Waals surface area contributed by atoms with Gasteiger partial charge in [0, 0.05) is 58.1 Å². The number of hydrogen-bond donors (Lipinski definition) is 0. The van der Waals surface area contributed by atoms with Crippen molar-refractivity contribution >= 4 is 22.9 Å². The molecule has 1 unspecified atom stereocenters. The highest BCUT2D eigenvalue weighted by Gasteiger charge is 2.29. The summed E-state index contributed by atoms with van der Waals surface area (Å²) in [6.45, 7) is 6.19. The van der Waals surface area contributed by atoms with Crippen molar-refractivity contribution in [3.8, 4) is 0 Å². The molecule has 1 atom stereocenters. The van der Waals surface area contributed by atoms with Crippen molar-refractivity contribution in [2.45, 2.75) is 12.8 Å². The molecule has 2 aliphatic rings. The zero-order chi connectivity index (χ0) is 21.8. The van der Waals surface area contributed by atoms with Gasteiger partial charge in [-0.2, -0.15) is 0 Å². The molecule has 0 aliphatic carbocycles. The first kappa shape index (κ1) is 21.0. The van der Waals surface area contributed by atoms with E-state index in [-0.39, 0.29) is 11.4 Å². The van der Waals surface area contributed by atoms with Gasteiger partial charge in [0.1, 0.15) is 11.5 Å². The number of nitrogens with zero attached hydrogens (tertiary/aromatic N) is 6. The quantitative estimate of drug-likeness (QED) is 0.512. The molecule has 0 radical (unpaired) electrons. The van der Waals surface area contributed by atoms with Crippen molar-refractivity contribution in [2.75, 3.05) is 55.6 Å². The van der Waals surface area contributed by atoms with Crippen LogP contribution in [0.25, 0.3) is 0 Å². The summed E-state index contributed by atoms with van der Waals surface area (Å²) >= 11 is 0. The lowest BCUT2D eigenvalue weighted by Crippen LogP contribution is -2.50. The molecular formula is C21H26N6O4. The summed E-state index contributed by atoms with van der Waals surface area (Å²) < 4.78 is 0. The molecule has 10 heteroatoms. The fourth-order valence-corrected chi connectivity index (χ4v) is 4.54. The number of nitro groups is 2. The molecule has 31 heavy (non-hydrogen) atoms. The van der Waals surface area contributed by atoms with Gasteiger partial charge in [-0.3, -0.25) is 25.1 Å². The summed E-state index contributed by atoms with van der Waals surface area (Å²) in [7, 11) is 0. The van der Waals surface area contributed by atoms with Gasteiger partial charge >= 0.3 is 0 Å². The Morgan fingerprint density at radius 1 is 0.968 bits per heavy atom. The molecule has 2 fully saturated rings. The molecule has 2 aliphatic heterocycles. The summed E-state index contributed by atoms with van der Waals surface area (Å²) in [4.78, 5) is 32.6. The zero-order valence-electron chi connectivity index (χ0n) is 17.3. The van der Waals surface area contributed by atoms with E-state index < -0.39 is 9.85 Å². The van der Waals surface area contributed by atoms with Crippen molar-refractivity contribution in [3.63, 3.8) is 0 Å². The highest BCUT2D eigenvalue weighted by atomic mass is 16.6. The lowest BCUT2D eigenvalue weighted by atomic mass is 9.96. The third kappa shape index (κ3) is 4.91. The maximum absolute atomic E-state index is 11.5. The minimum Gasteiger partial charge on any atom is -0.366 e. The molecule has 0 spiro atoms. The number of rotatable bonds is 6. The van der Waals surface area contributed by atoms with Crippen LogP contribution in [-0.2, 0) is 0 Å². The number of hydrogen-bond acceptors (Lipinski definition) is 8. The van der Waals surface area contributed by atoms with Crippen molar-refractivity contribution in [3.05, 3.63) is 62.8 Å². The first-order valence-electron chi connectivity index (χ1n) is 10.6. The predicted molar refractivity (Wildman–Crippen MR) is 118 cm³/mol. The van der Waals surface area contributed by atoms with E-state index in [0.717, 1.165) is 70.5 Å². The number of piperazine rings is 1. The Morgan fingerprint density at radius 3 is 2.45 bits per heavy atom. The minimum absolute atomic E-state index is 0.196. The van der Waals surface area contributed by atoms with Crippen LogP contribution >= 0.6 is 0 Å². The SMILES string of the molecule is O=[N+]([O-])c1ccc(N2CCCC(CN3CCN(c4ccccn4)CC3)C2)c([N+](=O)[O-])c1. The van der Waals surface area contributed by atoms with Gasteiger partial charge in [0.2, 0.25) is 0 Å². The summed E-state index contributed by atoms with van der Waals surface area (Å²) in [5, 5.41) is 22.5. The topological polar surface area (TPSA) is 109 Å². The number of non-ortho nitro benzene ring substituents is 1. The number of benzene rings is 1. The van der Waals surface area contributed by atoms with Crippen LogP contribution in [0, 0.1) is 26.1 Å². The number of pyridine rings is 1. The molecule has 2 saturated heterocycles. The molecule has 1 aromatic heterocycles. The maximum Gasteiger partial charge on any atom is 0.299 e. The Kier molecular flexibility index (Phi) is 6.26. The van der Waals surface area contributed by atoms with Crippen LogP contribution in [0.5, 0.6) is 0 Å². The molecular weight excluding hydrogens is 400 g/mol. The van der Waals surface area contributed by atoms with Crippen LogP contribution in [0.4, 0.5) is 22.9 Å². The number of nitro benzene ring substituents is 2. The number of piperidine rings is 1. The molecule has 0 amide bonds. The monoisotopic (exact) mass is 426 g/mol. The summed E-state index contributed by atoms with van der Waals surface area (Å²) in [5.41, 5.74) is 0.0221. The third-order valence-electron chi connectivity index (χ3n) is 6.09. The first-order valence-corrected chi connectivity index (χ1v) is 10.6. The maximum atomic E-state index is 11.5. The predicted octanol–water partition coefficient (Wildman–Crippen LogP) is 2.94. The lowest BCUT2D eigenvalue weighted by Gasteiger charge is -2.40. The van der Waals surface area contributed by atoms with Crippen LogP contribution < -0.4 is 9.80 Å². The fraction of sp³-hybridized carbons (Fsp3) is 0.476. The Bertz CT molecular complexity index is 933. The van der Waals surface area contributed by atoms with Gasteiger partial charge in [-0.1, -0.05) is 6.07 Å². The van der Waals surface area contributed by atoms with Gasteiger partial charge in [0.05, 0.1) is 15.9 Å². The van der Waals surface area contributed by atoms with Gasteiger partial charge < -0.3 is 9.80 Å². The highest BCUT2D eigenvalue weighted by Crippen LogP contribution is 2.34.